The van der Waals surface area contributed by atoms with Crippen LogP contribution >= 0.6 is 0 Å². The van der Waals surface area contributed by atoms with Crippen LogP contribution in [0.4, 0.5) is 11.5 Å². The van der Waals surface area contributed by atoms with E-state index in [1.165, 1.54) is 0 Å². The van der Waals surface area contributed by atoms with Crippen molar-refractivity contribution in [2.75, 3.05) is 44.3 Å². The average Bonchev–Trinajstić information content (AvgIpc) is 3.70. The number of fused-ring (bicyclic) bond motifs is 4. The van der Waals surface area contributed by atoms with Gasteiger partial charge in [-0.05, 0) is 59.2 Å². The summed E-state index contributed by atoms with van der Waals surface area (Å²) in [5.41, 5.74) is 6.91. The van der Waals surface area contributed by atoms with Crippen molar-refractivity contribution in [3.63, 3.8) is 0 Å². The number of aromatic amines is 2. The number of benzene rings is 3. The summed E-state index contributed by atoms with van der Waals surface area (Å²) in [7, 11) is 0. The molecule has 8 rings (SSSR count). The topological polar surface area (TPSA) is 115 Å². The van der Waals surface area contributed by atoms with E-state index < -0.39 is 6.10 Å². The molecule has 0 spiro atoms. The number of anilines is 2. The van der Waals surface area contributed by atoms with Crippen LogP contribution in [0.2, 0.25) is 0 Å². The molecule has 1 unspecified atom stereocenters. The Morgan fingerprint density at radius 1 is 0.738 bits per heavy atom. The number of pyridine rings is 1. The van der Waals surface area contributed by atoms with Gasteiger partial charge in [-0.15, -0.1) is 0 Å². The van der Waals surface area contributed by atoms with Gasteiger partial charge in [-0.1, -0.05) is 18.2 Å². The van der Waals surface area contributed by atoms with Crippen LogP contribution in [0.25, 0.3) is 44.1 Å². The first-order valence-corrected chi connectivity index (χ1v) is 14.1. The van der Waals surface area contributed by atoms with E-state index in [1.807, 2.05) is 36.8 Å². The summed E-state index contributed by atoms with van der Waals surface area (Å²) in [5.74, 6) is 2.05. The first-order valence-electron chi connectivity index (χ1n) is 14.1. The van der Waals surface area contributed by atoms with Gasteiger partial charge in [-0.3, -0.25) is 15.1 Å². The zero-order chi connectivity index (χ0) is 28.0. The maximum absolute atomic E-state index is 11.2. The predicted octanol–water partition coefficient (Wildman–Crippen LogP) is 5.11. The first kappa shape index (κ1) is 25.0. The quantitative estimate of drug-likeness (QED) is 0.258. The largest absolute Gasteiger partial charge is 0.451 e. The van der Waals surface area contributed by atoms with E-state index in [1.54, 1.807) is 0 Å². The Kier molecular flexibility index (Phi) is 6.10. The normalized spacial score (nSPS) is 15.9. The lowest BCUT2D eigenvalue weighted by Gasteiger charge is -2.35. The molecular weight excluding hydrogens is 530 g/mol. The molecule has 1 saturated heterocycles. The fraction of sp³-hybridized carbons (Fsp3) is 0.219. The van der Waals surface area contributed by atoms with Crippen LogP contribution < -0.4 is 9.64 Å². The van der Waals surface area contributed by atoms with Gasteiger partial charge in [-0.25, -0.2) is 4.98 Å². The lowest BCUT2D eigenvalue weighted by molar-refractivity contribution is 0.0164. The zero-order valence-corrected chi connectivity index (χ0v) is 22.8. The second-order valence-electron chi connectivity index (χ2n) is 10.9. The van der Waals surface area contributed by atoms with Gasteiger partial charge in [0, 0.05) is 42.2 Å². The Morgan fingerprint density at radius 3 is 2.12 bits per heavy atom. The Labute approximate surface area is 241 Å². The smallest absolute Gasteiger partial charge is 0.176 e. The second kappa shape index (κ2) is 10.3. The van der Waals surface area contributed by atoms with E-state index in [4.69, 9.17) is 14.5 Å². The summed E-state index contributed by atoms with van der Waals surface area (Å²) in [6.45, 7) is 3.97. The summed E-state index contributed by atoms with van der Waals surface area (Å²) < 4.78 is 12.0. The molecule has 0 saturated carbocycles. The van der Waals surface area contributed by atoms with Crippen LogP contribution in [0.15, 0.2) is 79.3 Å². The summed E-state index contributed by atoms with van der Waals surface area (Å²) >= 11 is 0. The Bertz CT molecular complexity index is 1790. The highest BCUT2D eigenvalue weighted by Gasteiger charge is 2.29. The SMILES string of the molecule is OC(CN1CCOCC1)CN1c2ccc(-c3ccc4[nH]ncc4c3)cc2Oc2cc(-c3ccc4[nH]ncc4c3)cnc21. The molecule has 210 valence electrons. The zero-order valence-electron chi connectivity index (χ0n) is 22.8. The van der Waals surface area contributed by atoms with Crippen LogP contribution in [0, 0.1) is 0 Å². The molecule has 2 aliphatic heterocycles. The van der Waals surface area contributed by atoms with Crippen LogP contribution in [-0.4, -0.2) is 80.9 Å². The van der Waals surface area contributed by atoms with Crippen molar-refractivity contribution in [1.29, 1.82) is 0 Å². The summed E-state index contributed by atoms with van der Waals surface area (Å²) in [4.78, 5) is 9.19. The number of nitrogens with one attached hydrogen (secondary N) is 2. The molecule has 2 aliphatic rings. The number of aliphatic hydroxyl groups excluding tert-OH is 1. The second-order valence-corrected chi connectivity index (χ2v) is 10.9. The minimum Gasteiger partial charge on any atom is -0.451 e. The highest BCUT2D eigenvalue weighted by Crippen LogP contribution is 2.48. The first-order chi connectivity index (χ1) is 20.7. The van der Waals surface area contributed by atoms with E-state index in [0.717, 1.165) is 68.6 Å². The molecule has 1 fully saturated rings. The number of hydrogen-bond donors (Lipinski definition) is 3. The van der Waals surface area contributed by atoms with Crippen LogP contribution in [0.3, 0.4) is 0 Å². The minimum atomic E-state index is -0.588. The highest BCUT2D eigenvalue weighted by atomic mass is 16.5. The molecule has 10 nitrogen and oxygen atoms in total. The standard InChI is InChI=1S/C32H29N7O3/c40-26(18-38-7-9-41-10-8-38)19-39-29-6-3-22(20-1-4-27-24(11-20)16-34-36-27)13-30(29)42-31-14-23(15-33-32(31)39)21-2-5-28-25(12-21)17-35-37-28/h1-6,11-17,26,40H,7-10,18-19H2,(H,34,36)(H,35,37). The number of ether oxygens (including phenoxy) is 2. The number of nitrogens with zero attached hydrogens (tertiary/aromatic N) is 5. The average molecular weight is 560 g/mol. The fourth-order valence-electron chi connectivity index (χ4n) is 5.88. The maximum atomic E-state index is 11.2. The fourth-order valence-corrected chi connectivity index (χ4v) is 5.88. The third kappa shape index (κ3) is 4.55. The molecule has 0 amide bonds. The number of rotatable bonds is 6. The molecule has 1 atom stereocenters. The molecule has 3 aromatic heterocycles. The third-order valence-electron chi connectivity index (χ3n) is 8.07. The molecule has 3 N–H and O–H groups in total. The van der Waals surface area contributed by atoms with Crippen LogP contribution in [0.5, 0.6) is 11.5 Å². The molecule has 42 heavy (non-hydrogen) atoms. The van der Waals surface area contributed by atoms with Gasteiger partial charge >= 0.3 is 0 Å². The minimum absolute atomic E-state index is 0.383. The van der Waals surface area contributed by atoms with Crippen molar-refractivity contribution < 1.29 is 14.6 Å². The Morgan fingerprint density at radius 2 is 1.38 bits per heavy atom. The molecule has 0 aliphatic carbocycles. The predicted molar refractivity (Wildman–Crippen MR) is 161 cm³/mol. The van der Waals surface area contributed by atoms with E-state index in [9.17, 15) is 5.11 Å². The van der Waals surface area contributed by atoms with Gasteiger partial charge in [0.25, 0.3) is 0 Å². The van der Waals surface area contributed by atoms with Crippen molar-refractivity contribution in [2.24, 2.45) is 0 Å². The van der Waals surface area contributed by atoms with Crippen molar-refractivity contribution in [2.45, 2.75) is 6.10 Å². The summed E-state index contributed by atoms with van der Waals surface area (Å²) in [5, 5.41) is 27.6. The number of aromatic nitrogens is 5. The van der Waals surface area contributed by atoms with E-state index in [0.29, 0.717) is 37.9 Å². The number of β-amino-alcohol motifs (C(OH)–C–C–N with tert-alkyl or cyclic N) is 1. The van der Waals surface area contributed by atoms with Gasteiger partial charge in [-0.2, -0.15) is 10.2 Å². The highest BCUT2D eigenvalue weighted by molar-refractivity contribution is 5.87. The number of H-pyrrole nitrogens is 2. The van der Waals surface area contributed by atoms with Gasteiger partial charge in [0.05, 0.1) is 55.0 Å². The number of morpholine rings is 1. The van der Waals surface area contributed by atoms with Crippen molar-refractivity contribution in [1.82, 2.24) is 30.3 Å². The van der Waals surface area contributed by atoms with E-state index in [-0.39, 0.29) is 0 Å². The van der Waals surface area contributed by atoms with Gasteiger partial charge in [0.2, 0.25) is 0 Å². The monoisotopic (exact) mass is 559 g/mol. The molecule has 10 heteroatoms. The van der Waals surface area contributed by atoms with Crippen molar-refractivity contribution in [3.8, 4) is 33.8 Å². The van der Waals surface area contributed by atoms with Gasteiger partial charge < -0.3 is 19.5 Å². The summed E-state index contributed by atoms with van der Waals surface area (Å²) in [6, 6.07) is 20.6. The lowest BCUT2D eigenvalue weighted by Crippen LogP contribution is -2.44. The Balaban J connectivity index is 1.17. The number of aliphatic hydroxyl groups is 1. The van der Waals surface area contributed by atoms with Gasteiger partial charge in [0.15, 0.2) is 17.3 Å². The Hall–Kier alpha value is -4.77. The molecule has 5 heterocycles. The summed E-state index contributed by atoms with van der Waals surface area (Å²) in [6.07, 6.45) is 4.92. The molecule has 6 aromatic rings. The molecular formula is C32H29N7O3. The molecule has 0 radical (unpaired) electrons. The van der Waals surface area contributed by atoms with E-state index in [2.05, 4.69) is 72.7 Å². The van der Waals surface area contributed by atoms with Gasteiger partial charge in [0.1, 0.15) is 0 Å². The number of hydrogen-bond acceptors (Lipinski definition) is 8. The van der Waals surface area contributed by atoms with E-state index >= 15 is 0 Å². The third-order valence-corrected chi connectivity index (χ3v) is 8.07. The van der Waals surface area contributed by atoms with Crippen LogP contribution in [0.1, 0.15) is 0 Å². The lowest BCUT2D eigenvalue weighted by atomic mass is 10.0. The molecule has 0 bridgehead atoms. The van der Waals surface area contributed by atoms with Crippen molar-refractivity contribution >= 4 is 33.3 Å². The maximum Gasteiger partial charge on any atom is 0.176 e. The van der Waals surface area contributed by atoms with Crippen LogP contribution in [-0.2, 0) is 4.74 Å². The molecule has 3 aromatic carbocycles. The van der Waals surface area contributed by atoms with Crippen molar-refractivity contribution in [3.05, 3.63) is 79.3 Å².